The Hall–Kier alpha value is -1.53. The zero-order chi connectivity index (χ0) is 14.5. The normalized spacial score (nSPS) is 11.1. The average molecular weight is 281 g/mol. The van der Waals surface area contributed by atoms with E-state index in [1.54, 1.807) is 19.9 Å². The van der Waals surface area contributed by atoms with Gasteiger partial charge in [0.15, 0.2) is 0 Å². The van der Waals surface area contributed by atoms with Crippen molar-refractivity contribution >= 4 is 29.3 Å². The number of primary amides is 1. The van der Waals surface area contributed by atoms with Crippen LogP contribution in [0, 0.1) is 5.41 Å². The van der Waals surface area contributed by atoms with E-state index in [0.29, 0.717) is 5.69 Å². The van der Waals surface area contributed by atoms with Crippen LogP contribution in [-0.4, -0.2) is 24.1 Å². The van der Waals surface area contributed by atoms with E-state index in [-0.39, 0.29) is 18.2 Å². The number of nitrogens with one attached hydrogen (secondary N) is 1. The Kier molecular flexibility index (Phi) is 5.38. The number of nitrogens with two attached hydrogens (primary N) is 2. The molecule has 0 atom stereocenters. The molecule has 19 heavy (non-hydrogen) atoms. The fraction of sp³-hybridized carbons (Fsp3) is 0.385. The average Bonchev–Trinajstić information content (AvgIpc) is 2.37. The molecular weight excluding hydrogens is 262 g/mol. The van der Waals surface area contributed by atoms with Crippen LogP contribution in [0.25, 0.3) is 0 Å². The van der Waals surface area contributed by atoms with Gasteiger partial charge < -0.3 is 16.8 Å². The van der Waals surface area contributed by atoms with Crippen LogP contribution in [0.1, 0.15) is 13.8 Å². The van der Waals surface area contributed by atoms with Crippen molar-refractivity contribution < 1.29 is 9.59 Å². The predicted octanol–water partition coefficient (Wildman–Crippen LogP) is 1.19. The highest BCUT2D eigenvalue weighted by Crippen LogP contribution is 2.28. The number of amides is 2. The quantitative estimate of drug-likeness (QED) is 0.682. The van der Waals surface area contributed by atoms with Crippen molar-refractivity contribution in [2.24, 2.45) is 16.9 Å². The molecule has 0 aromatic heterocycles. The molecule has 0 heterocycles. The molecule has 0 saturated heterocycles. The monoisotopic (exact) mass is 281 g/mol. The lowest BCUT2D eigenvalue weighted by molar-refractivity contribution is -0.123. The molecule has 0 fully saturated rings. The Balaban J connectivity index is 2.83. The molecular formula is C13H19N3O2S. The number of hydrogen-bond acceptors (Lipinski definition) is 4. The van der Waals surface area contributed by atoms with Gasteiger partial charge in [-0.05, 0) is 26.0 Å². The maximum atomic E-state index is 12.1. The Labute approximate surface area is 117 Å². The second-order valence-corrected chi connectivity index (χ2v) is 5.81. The van der Waals surface area contributed by atoms with Crippen LogP contribution in [0.15, 0.2) is 29.2 Å². The summed E-state index contributed by atoms with van der Waals surface area (Å²) >= 11 is 1.29. The summed E-state index contributed by atoms with van der Waals surface area (Å²) in [6.07, 6.45) is 0. The van der Waals surface area contributed by atoms with Crippen molar-refractivity contribution in [3.05, 3.63) is 24.3 Å². The molecule has 0 aliphatic rings. The van der Waals surface area contributed by atoms with Gasteiger partial charge in [-0.3, -0.25) is 9.59 Å². The van der Waals surface area contributed by atoms with E-state index in [0.717, 1.165) is 4.90 Å². The molecule has 0 saturated carbocycles. The van der Waals surface area contributed by atoms with E-state index in [9.17, 15) is 9.59 Å². The molecule has 0 bridgehead atoms. The Morgan fingerprint density at radius 3 is 2.53 bits per heavy atom. The molecule has 1 aromatic rings. The van der Waals surface area contributed by atoms with Crippen LogP contribution in [0.2, 0.25) is 0 Å². The number of benzene rings is 1. The highest BCUT2D eigenvalue weighted by atomic mass is 32.2. The highest BCUT2D eigenvalue weighted by Gasteiger charge is 2.26. The van der Waals surface area contributed by atoms with Crippen LogP contribution >= 0.6 is 11.8 Å². The summed E-state index contributed by atoms with van der Waals surface area (Å²) in [5.74, 6) is -0.372. The van der Waals surface area contributed by atoms with Crippen LogP contribution in [-0.2, 0) is 9.59 Å². The summed E-state index contributed by atoms with van der Waals surface area (Å²) in [4.78, 5) is 23.7. The van der Waals surface area contributed by atoms with Crippen molar-refractivity contribution in [3.63, 3.8) is 0 Å². The fourth-order valence-electron chi connectivity index (χ4n) is 1.23. The zero-order valence-electron chi connectivity index (χ0n) is 11.1. The molecule has 1 aromatic carbocycles. The Morgan fingerprint density at radius 2 is 1.95 bits per heavy atom. The first kappa shape index (κ1) is 15.5. The first-order valence-electron chi connectivity index (χ1n) is 5.88. The van der Waals surface area contributed by atoms with Crippen LogP contribution < -0.4 is 16.8 Å². The second-order valence-electron chi connectivity index (χ2n) is 4.79. The van der Waals surface area contributed by atoms with Crippen LogP contribution in [0.3, 0.4) is 0 Å². The summed E-state index contributed by atoms with van der Waals surface area (Å²) in [7, 11) is 0. The topological polar surface area (TPSA) is 98.2 Å². The third-order valence-corrected chi connectivity index (χ3v) is 3.73. The molecule has 2 amide bonds. The molecule has 1 rings (SSSR count). The van der Waals surface area contributed by atoms with Crippen molar-refractivity contribution in [2.75, 3.05) is 17.6 Å². The predicted molar refractivity (Wildman–Crippen MR) is 77.8 cm³/mol. The lowest BCUT2D eigenvalue weighted by Crippen LogP contribution is -2.37. The minimum absolute atomic E-state index is 0.151. The van der Waals surface area contributed by atoms with Gasteiger partial charge in [0.05, 0.1) is 16.9 Å². The van der Waals surface area contributed by atoms with Gasteiger partial charge in [0.25, 0.3) is 0 Å². The van der Waals surface area contributed by atoms with E-state index in [4.69, 9.17) is 11.5 Å². The molecule has 5 N–H and O–H groups in total. The standard InChI is InChI=1S/C13H19N3O2S/c1-13(2,8-14)12(18)16-9-5-3-4-6-10(9)19-7-11(15)17/h3-6H,7-8,14H2,1-2H3,(H2,15,17)(H,16,18). The number of anilines is 1. The molecule has 0 aliphatic heterocycles. The Bertz CT molecular complexity index is 475. The number of rotatable bonds is 6. The van der Waals surface area contributed by atoms with E-state index in [1.807, 2.05) is 18.2 Å². The van der Waals surface area contributed by atoms with E-state index in [2.05, 4.69) is 5.32 Å². The molecule has 6 heteroatoms. The SMILES string of the molecule is CC(C)(CN)C(=O)Nc1ccccc1SCC(N)=O. The third-order valence-electron chi connectivity index (χ3n) is 2.63. The lowest BCUT2D eigenvalue weighted by Gasteiger charge is -2.22. The van der Waals surface area contributed by atoms with Gasteiger partial charge in [-0.15, -0.1) is 11.8 Å². The lowest BCUT2D eigenvalue weighted by atomic mass is 9.92. The zero-order valence-corrected chi connectivity index (χ0v) is 11.9. The van der Waals surface area contributed by atoms with Gasteiger partial charge in [-0.25, -0.2) is 0 Å². The van der Waals surface area contributed by atoms with Gasteiger partial charge >= 0.3 is 0 Å². The summed E-state index contributed by atoms with van der Waals surface area (Å²) in [6.45, 7) is 3.82. The van der Waals surface area contributed by atoms with Gasteiger partial charge in [0.1, 0.15) is 0 Å². The van der Waals surface area contributed by atoms with E-state index >= 15 is 0 Å². The fourth-order valence-corrected chi connectivity index (χ4v) is 1.98. The molecule has 0 radical (unpaired) electrons. The number of hydrogen-bond donors (Lipinski definition) is 3. The van der Waals surface area contributed by atoms with Gasteiger partial charge in [-0.2, -0.15) is 0 Å². The maximum absolute atomic E-state index is 12.1. The van der Waals surface area contributed by atoms with E-state index in [1.165, 1.54) is 11.8 Å². The first-order chi connectivity index (χ1) is 8.86. The number of thioether (sulfide) groups is 1. The van der Waals surface area contributed by atoms with Gasteiger partial charge in [-0.1, -0.05) is 12.1 Å². The van der Waals surface area contributed by atoms with Gasteiger partial charge in [0.2, 0.25) is 11.8 Å². The van der Waals surface area contributed by atoms with Crippen LogP contribution in [0.4, 0.5) is 5.69 Å². The maximum Gasteiger partial charge on any atom is 0.231 e. The summed E-state index contributed by atoms with van der Waals surface area (Å²) in [5, 5.41) is 2.83. The largest absolute Gasteiger partial charge is 0.369 e. The summed E-state index contributed by atoms with van der Waals surface area (Å²) in [5.41, 5.74) is 10.7. The number of carbonyl (C=O) groups excluding carboxylic acids is 2. The van der Waals surface area contributed by atoms with Crippen molar-refractivity contribution in [1.82, 2.24) is 0 Å². The minimum atomic E-state index is -0.637. The number of carbonyl (C=O) groups is 2. The molecule has 5 nitrogen and oxygen atoms in total. The highest BCUT2D eigenvalue weighted by molar-refractivity contribution is 8.00. The van der Waals surface area contributed by atoms with Crippen molar-refractivity contribution in [1.29, 1.82) is 0 Å². The molecule has 0 spiro atoms. The third kappa shape index (κ3) is 4.57. The number of para-hydroxylation sites is 1. The summed E-state index contributed by atoms with van der Waals surface area (Å²) in [6, 6.07) is 7.28. The van der Waals surface area contributed by atoms with Crippen LogP contribution in [0.5, 0.6) is 0 Å². The molecule has 104 valence electrons. The second kappa shape index (κ2) is 6.58. The Morgan fingerprint density at radius 1 is 1.32 bits per heavy atom. The van der Waals surface area contributed by atoms with E-state index < -0.39 is 11.3 Å². The first-order valence-corrected chi connectivity index (χ1v) is 6.87. The van der Waals surface area contributed by atoms with Gasteiger partial charge in [0, 0.05) is 11.4 Å². The summed E-state index contributed by atoms with van der Waals surface area (Å²) < 4.78 is 0. The molecule has 0 unspecified atom stereocenters. The minimum Gasteiger partial charge on any atom is -0.369 e. The smallest absolute Gasteiger partial charge is 0.231 e. The van der Waals surface area contributed by atoms with Crippen molar-refractivity contribution in [2.45, 2.75) is 18.7 Å². The van der Waals surface area contributed by atoms with Crippen molar-refractivity contribution in [3.8, 4) is 0 Å². The molecule has 0 aliphatic carbocycles.